The second-order valence-electron chi connectivity index (χ2n) is 4.72. The Morgan fingerprint density at radius 2 is 1.95 bits per heavy atom. The van der Waals surface area contributed by atoms with Crippen LogP contribution in [0.1, 0.15) is 26.7 Å². The van der Waals surface area contributed by atoms with Gasteiger partial charge < -0.3 is 14.9 Å². The second-order valence-corrected chi connectivity index (χ2v) is 4.72. The van der Waals surface area contributed by atoms with Gasteiger partial charge in [-0.1, -0.05) is 0 Å². The van der Waals surface area contributed by atoms with Gasteiger partial charge >= 0.3 is 0 Å². The van der Waals surface area contributed by atoms with Crippen molar-refractivity contribution in [1.82, 2.24) is 4.98 Å². The Labute approximate surface area is 110 Å². The summed E-state index contributed by atoms with van der Waals surface area (Å²) in [5.74, 6) is 2.90. The van der Waals surface area contributed by atoms with E-state index in [2.05, 4.69) is 10.4 Å². The van der Waals surface area contributed by atoms with Crippen LogP contribution in [-0.2, 0) is 4.74 Å². The number of hydrogen-bond acceptors (Lipinski definition) is 5. The van der Waals surface area contributed by atoms with Crippen molar-refractivity contribution in [3.63, 3.8) is 0 Å². The highest BCUT2D eigenvalue weighted by atomic mass is 19.1. The zero-order valence-corrected chi connectivity index (χ0v) is 10.8. The van der Waals surface area contributed by atoms with Crippen LogP contribution in [0.25, 0.3) is 0 Å². The van der Waals surface area contributed by atoms with Gasteiger partial charge in [-0.2, -0.15) is 4.98 Å². The lowest BCUT2D eigenvalue weighted by Crippen LogP contribution is -2.36. The average molecular weight is 273 g/mol. The minimum Gasteiger partial charge on any atom is -0.472 e. The Morgan fingerprint density at radius 1 is 1.32 bits per heavy atom. The minimum absolute atomic E-state index is 0.0318. The van der Waals surface area contributed by atoms with Crippen LogP contribution in [0.2, 0.25) is 0 Å². The van der Waals surface area contributed by atoms with Crippen molar-refractivity contribution in [2.75, 3.05) is 5.43 Å². The molecule has 0 aliphatic carbocycles. The molecule has 1 aromatic heterocycles. The molecule has 3 N–H and O–H groups in total. The van der Waals surface area contributed by atoms with Crippen molar-refractivity contribution in [3.05, 3.63) is 17.7 Å². The maximum absolute atomic E-state index is 13.6. The fraction of sp³-hybridized carbons (Fsp3) is 0.583. The molecule has 1 aliphatic rings. The molecule has 1 saturated heterocycles. The standard InChI is InChI=1S/C12H17F2N3O2/c1-6-3-8(4-7(2)18-6)19-12-10(14)5-9(13)11(16-12)17-15/h5-8H,3-4,15H2,1-2H3,(H,16,17). The van der Waals surface area contributed by atoms with Crippen LogP contribution in [0.5, 0.6) is 5.88 Å². The Bertz CT molecular complexity index is 449. The quantitative estimate of drug-likeness (QED) is 0.651. The van der Waals surface area contributed by atoms with Crippen molar-refractivity contribution in [3.8, 4) is 5.88 Å². The number of nitrogen functional groups attached to an aromatic ring is 1. The molecule has 1 aromatic rings. The highest BCUT2D eigenvalue weighted by Gasteiger charge is 2.27. The van der Waals surface area contributed by atoms with E-state index in [9.17, 15) is 8.78 Å². The van der Waals surface area contributed by atoms with E-state index in [-0.39, 0.29) is 30.0 Å². The lowest BCUT2D eigenvalue weighted by atomic mass is 10.0. The summed E-state index contributed by atoms with van der Waals surface area (Å²) in [6.07, 6.45) is 1.12. The Hall–Kier alpha value is -1.47. The number of ether oxygens (including phenoxy) is 2. The fourth-order valence-electron chi connectivity index (χ4n) is 2.23. The maximum Gasteiger partial charge on any atom is 0.252 e. The smallest absolute Gasteiger partial charge is 0.252 e. The van der Waals surface area contributed by atoms with Crippen molar-refractivity contribution < 1.29 is 18.3 Å². The van der Waals surface area contributed by atoms with E-state index in [1.807, 2.05) is 13.8 Å². The Morgan fingerprint density at radius 3 is 2.53 bits per heavy atom. The van der Waals surface area contributed by atoms with Crippen LogP contribution >= 0.6 is 0 Å². The third-order valence-corrected chi connectivity index (χ3v) is 2.97. The molecule has 19 heavy (non-hydrogen) atoms. The highest BCUT2D eigenvalue weighted by molar-refractivity contribution is 5.38. The molecule has 2 rings (SSSR count). The number of anilines is 1. The summed E-state index contributed by atoms with van der Waals surface area (Å²) in [5.41, 5.74) is 2.06. The van der Waals surface area contributed by atoms with Crippen molar-refractivity contribution >= 4 is 5.82 Å². The molecule has 2 heterocycles. The van der Waals surface area contributed by atoms with Gasteiger partial charge in [0.05, 0.1) is 12.2 Å². The van der Waals surface area contributed by atoms with Gasteiger partial charge in [0.15, 0.2) is 17.5 Å². The lowest BCUT2D eigenvalue weighted by Gasteiger charge is -2.32. The molecule has 0 radical (unpaired) electrons. The SMILES string of the molecule is CC1CC(Oc2nc(NN)c(F)cc2F)CC(C)O1. The highest BCUT2D eigenvalue weighted by Crippen LogP contribution is 2.26. The first kappa shape index (κ1) is 14.0. The molecule has 2 atom stereocenters. The predicted molar refractivity (Wildman–Crippen MR) is 65.6 cm³/mol. The largest absolute Gasteiger partial charge is 0.472 e. The molecule has 2 unspecified atom stereocenters. The van der Waals surface area contributed by atoms with Gasteiger partial charge in [0.25, 0.3) is 5.88 Å². The van der Waals surface area contributed by atoms with E-state index in [1.54, 1.807) is 0 Å². The number of aromatic nitrogens is 1. The van der Waals surface area contributed by atoms with Crippen molar-refractivity contribution in [1.29, 1.82) is 0 Å². The van der Waals surface area contributed by atoms with Crippen LogP contribution in [0, 0.1) is 11.6 Å². The summed E-state index contributed by atoms with van der Waals surface area (Å²) in [6, 6.07) is 0.698. The van der Waals surface area contributed by atoms with Crippen LogP contribution in [-0.4, -0.2) is 23.3 Å². The molecule has 106 valence electrons. The van der Waals surface area contributed by atoms with Crippen molar-refractivity contribution in [2.24, 2.45) is 5.84 Å². The van der Waals surface area contributed by atoms with Gasteiger partial charge in [0.1, 0.15) is 6.10 Å². The number of nitrogens with one attached hydrogen (secondary N) is 1. The van der Waals surface area contributed by atoms with E-state index in [4.69, 9.17) is 15.3 Å². The monoisotopic (exact) mass is 273 g/mol. The summed E-state index contributed by atoms with van der Waals surface area (Å²) in [5, 5.41) is 0. The van der Waals surface area contributed by atoms with Crippen LogP contribution in [0.3, 0.4) is 0 Å². The third-order valence-electron chi connectivity index (χ3n) is 2.97. The van der Waals surface area contributed by atoms with Crippen LogP contribution in [0.4, 0.5) is 14.6 Å². The van der Waals surface area contributed by atoms with E-state index < -0.39 is 11.6 Å². The lowest BCUT2D eigenvalue weighted by molar-refractivity contribution is -0.0736. The first-order valence-corrected chi connectivity index (χ1v) is 6.14. The van der Waals surface area contributed by atoms with Gasteiger partial charge in [-0.25, -0.2) is 14.6 Å². The number of nitrogens with zero attached hydrogens (tertiary/aromatic N) is 1. The van der Waals surface area contributed by atoms with Gasteiger partial charge in [0.2, 0.25) is 0 Å². The number of hydrogen-bond donors (Lipinski definition) is 2. The molecule has 7 heteroatoms. The zero-order chi connectivity index (χ0) is 14.0. The maximum atomic E-state index is 13.6. The fourth-order valence-corrected chi connectivity index (χ4v) is 2.23. The molecule has 5 nitrogen and oxygen atoms in total. The third kappa shape index (κ3) is 3.30. The number of pyridine rings is 1. The first-order valence-electron chi connectivity index (χ1n) is 6.14. The molecule has 0 spiro atoms. The minimum atomic E-state index is -0.860. The Kier molecular flexibility index (Phi) is 4.16. The summed E-state index contributed by atoms with van der Waals surface area (Å²) < 4.78 is 37.9. The van der Waals surface area contributed by atoms with Gasteiger partial charge in [0, 0.05) is 18.9 Å². The predicted octanol–water partition coefficient (Wildman–Crippen LogP) is 1.98. The normalized spacial score (nSPS) is 27.1. The number of rotatable bonds is 3. The van der Waals surface area contributed by atoms with Crippen LogP contribution < -0.4 is 16.0 Å². The van der Waals surface area contributed by atoms with Gasteiger partial charge in [-0.3, -0.25) is 0 Å². The number of halogens is 2. The molecule has 0 amide bonds. The molecule has 0 saturated carbocycles. The molecular formula is C12H17F2N3O2. The molecule has 0 bridgehead atoms. The second kappa shape index (κ2) is 5.66. The van der Waals surface area contributed by atoms with Crippen molar-refractivity contribution in [2.45, 2.75) is 45.0 Å². The van der Waals surface area contributed by atoms with E-state index in [0.717, 1.165) is 0 Å². The first-order chi connectivity index (χ1) is 8.99. The summed E-state index contributed by atoms with van der Waals surface area (Å²) >= 11 is 0. The number of hydrazine groups is 1. The van der Waals surface area contributed by atoms with E-state index in [0.29, 0.717) is 18.9 Å². The Balaban J connectivity index is 2.14. The molecule has 1 aliphatic heterocycles. The summed E-state index contributed by atoms with van der Waals surface area (Å²) in [7, 11) is 0. The zero-order valence-electron chi connectivity index (χ0n) is 10.8. The van der Waals surface area contributed by atoms with Crippen LogP contribution in [0.15, 0.2) is 6.07 Å². The van der Waals surface area contributed by atoms with E-state index in [1.165, 1.54) is 0 Å². The van der Waals surface area contributed by atoms with Gasteiger partial charge in [-0.15, -0.1) is 0 Å². The van der Waals surface area contributed by atoms with E-state index >= 15 is 0 Å². The molecular weight excluding hydrogens is 256 g/mol. The molecule has 0 aromatic carbocycles. The molecule has 1 fully saturated rings. The topological polar surface area (TPSA) is 69.4 Å². The number of nitrogens with two attached hydrogens (primary N) is 1. The van der Waals surface area contributed by atoms with Gasteiger partial charge in [-0.05, 0) is 13.8 Å². The summed E-state index contributed by atoms with van der Waals surface area (Å²) in [4.78, 5) is 3.69. The average Bonchev–Trinajstić information content (AvgIpc) is 2.31. The summed E-state index contributed by atoms with van der Waals surface area (Å²) in [6.45, 7) is 3.85.